The second kappa shape index (κ2) is 6.71. The van der Waals surface area contributed by atoms with Gasteiger partial charge in [-0.05, 0) is 30.5 Å². The SMILES string of the molecule is O=C(C1CNNC1c1ccccc1)N1CCCC1c1ccccn1. The van der Waals surface area contributed by atoms with Crippen LogP contribution in [-0.2, 0) is 4.79 Å². The summed E-state index contributed by atoms with van der Waals surface area (Å²) in [6, 6.07) is 16.2. The average molecular weight is 322 g/mol. The first-order chi connectivity index (χ1) is 11.8. The number of carbonyl (C=O) groups is 1. The van der Waals surface area contributed by atoms with E-state index in [4.69, 9.17) is 0 Å². The van der Waals surface area contributed by atoms with E-state index in [0.717, 1.165) is 30.6 Å². The highest BCUT2D eigenvalue weighted by molar-refractivity contribution is 5.81. The molecule has 2 fully saturated rings. The third-order valence-electron chi connectivity index (χ3n) is 5.02. The Bertz CT molecular complexity index is 632. The van der Waals surface area contributed by atoms with Crippen molar-refractivity contribution >= 4 is 5.91 Å². The molecular weight excluding hydrogens is 300 g/mol. The molecule has 2 aliphatic heterocycles. The molecule has 2 aromatic rings. The largest absolute Gasteiger partial charge is 0.334 e. The van der Waals surface area contributed by atoms with Gasteiger partial charge in [-0.2, -0.15) is 0 Å². The van der Waals surface area contributed by atoms with Gasteiger partial charge in [0.25, 0.3) is 0 Å². The average Bonchev–Trinajstić information content (AvgIpc) is 3.32. The number of benzene rings is 1. The van der Waals surface area contributed by atoms with Crippen molar-refractivity contribution in [1.29, 1.82) is 0 Å². The zero-order valence-electron chi connectivity index (χ0n) is 13.6. The predicted octanol–water partition coefficient (Wildman–Crippen LogP) is 2.21. The summed E-state index contributed by atoms with van der Waals surface area (Å²) < 4.78 is 0. The van der Waals surface area contributed by atoms with E-state index in [9.17, 15) is 4.79 Å². The van der Waals surface area contributed by atoms with Crippen molar-refractivity contribution in [3.8, 4) is 0 Å². The molecule has 2 saturated heterocycles. The summed E-state index contributed by atoms with van der Waals surface area (Å²) in [6.07, 6.45) is 3.84. The van der Waals surface area contributed by atoms with Crippen molar-refractivity contribution in [3.05, 3.63) is 66.0 Å². The fourth-order valence-corrected chi connectivity index (χ4v) is 3.83. The Hall–Kier alpha value is -2.24. The first kappa shape index (κ1) is 15.3. The third kappa shape index (κ3) is 2.81. The minimum Gasteiger partial charge on any atom is -0.334 e. The molecule has 4 rings (SSSR count). The zero-order valence-corrected chi connectivity index (χ0v) is 13.6. The summed E-state index contributed by atoms with van der Waals surface area (Å²) in [5.41, 5.74) is 8.58. The Morgan fingerprint density at radius 2 is 1.96 bits per heavy atom. The van der Waals surface area contributed by atoms with Gasteiger partial charge in [-0.15, -0.1) is 0 Å². The maximum Gasteiger partial charge on any atom is 0.229 e. The van der Waals surface area contributed by atoms with Gasteiger partial charge in [0.1, 0.15) is 0 Å². The van der Waals surface area contributed by atoms with Crippen LogP contribution in [0.3, 0.4) is 0 Å². The molecule has 1 aromatic carbocycles. The van der Waals surface area contributed by atoms with Gasteiger partial charge < -0.3 is 4.90 Å². The Morgan fingerprint density at radius 1 is 1.12 bits per heavy atom. The fourth-order valence-electron chi connectivity index (χ4n) is 3.83. The van der Waals surface area contributed by atoms with E-state index in [0.29, 0.717) is 6.54 Å². The predicted molar refractivity (Wildman–Crippen MR) is 91.7 cm³/mol. The van der Waals surface area contributed by atoms with Crippen molar-refractivity contribution in [2.75, 3.05) is 13.1 Å². The van der Waals surface area contributed by atoms with E-state index in [1.165, 1.54) is 0 Å². The molecule has 3 unspecified atom stereocenters. The van der Waals surface area contributed by atoms with Crippen molar-refractivity contribution in [1.82, 2.24) is 20.7 Å². The minimum atomic E-state index is -0.0864. The first-order valence-electron chi connectivity index (χ1n) is 8.59. The molecule has 1 amide bonds. The lowest BCUT2D eigenvalue weighted by atomic mass is 9.93. The molecule has 5 heteroatoms. The van der Waals surface area contributed by atoms with Gasteiger partial charge in [0.15, 0.2) is 0 Å². The highest BCUT2D eigenvalue weighted by Gasteiger charge is 2.40. The van der Waals surface area contributed by atoms with E-state index in [-0.39, 0.29) is 23.9 Å². The van der Waals surface area contributed by atoms with Crippen LogP contribution in [0.5, 0.6) is 0 Å². The molecule has 0 radical (unpaired) electrons. The highest BCUT2D eigenvalue weighted by Crippen LogP contribution is 2.35. The molecule has 5 nitrogen and oxygen atoms in total. The number of rotatable bonds is 3. The Morgan fingerprint density at radius 3 is 2.75 bits per heavy atom. The number of pyridine rings is 1. The fraction of sp³-hybridized carbons (Fsp3) is 0.368. The number of aromatic nitrogens is 1. The third-order valence-corrected chi connectivity index (χ3v) is 5.02. The maximum absolute atomic E-state index is 13.2. The van der Waals surface area contributed by atoms with Crippen LogP contribution in [0.15, 0.2) is 54.7 Å². The first-order valence-corrected chi connectivity index (χ1v) is 8.59. The molecule has 3 heterocycles. The summed E-state index contributed by atoms with van der Waals surface area (Å²) >= 11 is 0. The molecule has 2 aliphatic rings. The van der Waals surface area contributed by atoms with Crippen molar-refractivity contribution in [2.24, 2.45) is 5.92 Å². The van der Waals surface area contributed by atoms with Gasteiger partial charge in [0.2, 0.25) is 5.91 Å². The van der Waals surface area contributed by atoms with Crippen LogP contribution in [0.1, 0.15) is 36.2 Å². The molecular formula is C19H22N4O. The van der Waals surface area contributed by atoms with E-state index in [2.05, 4.69) is 28.0 Å². The highest BCUT2D eigenvalue weighted by atomic mass is 16.2. The molecule has 0 aliphatic carbocycles. The van der Waals surface area contributed by atoms with Crippen molar-refractivity contribution in [3.63, 3.8) is 0 Å². The normalized spacial score (nSPS) is 26.7. The summed E-state index contributed by atoms with van der Waals surface area (Å²) in [4.78, 5) is 19.7. The van der Waals surface area contributed by atoms with Gasteiger partial charge in [-0.1, -0.05) is 36.4 Å². The van der Waals surface area contributed by atoms with Crippen LogP contribution in [0, 0.1) is 5.92 Å². The molecule has 24 heavy (non-hydrogen) atoms. The van der Waals surface area contributed by atoms with E-state index in [1.54, 1.807) is 0 Å². The number of hydrogen-bond acceptors (Lipinski definition) is 4. The second-order valence-electron chi connectivity index (χ2n) is 6.46. The maximum atomic E-state index is 13.2. The molecule has 124 valence electrons. The number of nitrogens with zero attached hydrogens (tertiary/aromatic N) is 2. The summed E-state index contributed by atoms with van der Waals surface area (Å²) in [7, 11) is 0. The lowest BCUT2D eigenvalue weighted by Gasteiger charge is -2.29. The second-order valence-corrected chi connectivity index (χ2v) is 6.46. The van der Waals surface area contributed by atoms with Crippen LogP contribution in [0.4, 0.5) is 0 Å². The summed E-state index contributed by atoms with van der Waals surface area (Å²) in [5.74, 6) is 0.131. The number of amides is 1. The van der Waals surface area contributed by atoms with E-state index in [1.807, 2.05) is 47.5 Å². The van der Waals surface area contributed by atoms with Gasteiger partial charge >= 0.3 is 0 Å². The smallest absolute Gasteiger partial charge is 0.229 e. The lowest BCUT2D eigenvalue weighted by molar-refractivity contribution is -0.136. The standard InChI is InChI=1S/C19H22N4O/c24-19(15-13-21-22-18(15)14-7-2-1-3-8-14)23-12-6-10-17(23)16-9-4-5-11-20-16/h1-5,7-9,11,15,17-18,21-22H,6,10,12-13H2. The molecule has 0 saturated carbocycles. The van der Waals surface area contributed by atoms with Crippen LogP contribution < -0.4 is 10.9 Å². The monoisotopic (exact) mass is 322 g/mol. The van der Waals surface area contributed by atoms with Crippen LogP contribution >= 0.6 is 0 Å². The number of carbonyl (C=O) groups excluding carboxylic acids is 1. The summed E-state index contributed by atoms with van der Waals surface area (Å²) in [6.45, 7) is 1.47. The Balaban J connectivity index is 1.56. The molecule has 3 atom stereocenters. The number of hydrazine groups is 1. The van der Waals surface area contributed by atoms with Crippen molar-refractivity contribution in [2.45, 2.75) is 24.9 Å². The quantitative estimate of drug-likeness (QED) is 0.910. The van der Waals surface area contributed by atoms with Crippen molar-refractivity contribution < 1.29 is 4.79 Å². The molecule has 0 bridgehead atoms. The van der Waals surface area contributed by atoms with E-state index >= 15 is 0 Å². The van der Waals surface area contributed by atoms with Gasteiger partial charge in [0, 0.05) is 19.3 Å². The van der Waals surface area contributed by atoms with Gasteiger partial charge in [0.05, 0.1) is 23.7 Å². The summed E-state index contributed by atoms with van der Waals surface area (Å²) in [5, 5.41) is 0. The number of hydrogen-bond donors (Lipinski definition) is 2. The minimum absolute atomic E-state index is 0.0173. The van der Waals surface area contributed by atoms with Crippen LogP contribution in [-0.4, -0.2) is 28.9 Å². The molecule has 0 spiro atoms. The Labute approximate surface area is 142 Å². The zero-order chi connectivity index (χ0) is 16.4. The number of nitrogens with one attached hydrogen (secondary N) is 2. The topological polar surface area (TPSA) is 57.3 Å². The van der Waals surface area contributed by atoms with Gasteiger partial charge in [-0.3, -0.25) is 15.2 Å². The van der Waals surface area contributed by atoms with Gasteiger partial charge in [-0.25, -0.2) is 5.43 Å². The number of likely N-dealkylation sites (tertiary alicyclic amines) is 1. The molecule has 2 N–H and O–H groups in total. The van der Waals surface area contributed by atoms with Crippen LogP contribution in [0.25, 0.3) is 0 Å². The molecule has 1 aromatic heterocycles. The van der Waals surface area contributed by atoms with E-state index < -0.39 is 0 Å². The Kier molecular flexibility index (Phi) is 4.28. The lowest BCUT2D eigenvalue weighted by Crippen LogP contribution is -2.39. The van der Waals surface area contributed by atoms with Crippen LogP contribution in [0.2, 0.25) is 0 Å².